The van der Waals surface area contributed by atoms with E-state index in [-0.39, 0.29) is 31.0 Å². The average molecular weight is 493 g/mol. The Labute approximate surface area is 172 Å². The molecule has 0 aliphatic carbocycles. The predicted octanol–water partition coefficient (Wildman–Crippen LogP) is 2.61. The third kappa shape index (κ3) is 6.86. The first-order valence-electron chi connectivity index (χ1n) is 8.73. The summed E-state index contributed by atoms with van der Waals surface area (Å²) < 4.78 is 25.3. The molecule has 0 heterocycles. The van der Waals surface area contributed by atoms with Crippen molar-refractivity contribution >= 4 is 34.3 Å². The molecule has 6 nitrogen and oxygen atoms in total. The molecule has 0 saturated carbocycles. The molecular formula is C19H25FINO5. The van der Waals surface area contributed by atoms with Gasteiger partial charge in [-0.2, -0.15) is 0 Å². The van der Waals surface area contributed by atoms with Crippen LogP contribution in [0, 0.1) is 9.39 Å². The summed E-state index contributed by atoms with van der Waals surface area (Å²) in [6, 6.07) is 2.21. The standard InChI is InChI=1S/C19H25FINO5/c1-4-12-7-16(20)14(8-17(12)21)18(24)15(19(25)27-6-3)9-22-13(10-23)11-26-5-2/h7-9,13,22-23H,4-6,10-11H2,1-3H3/t13-/m1/s1. The van der Waals surface area contributed by atoms with Crippen LogP contribution >= 0.6 is 22.6 Å². The lowest BCUT2D eigenvalue weighted by atomic mass is 10.0. The number of ether oxygens (including phenoxy) is 2. The van der Waals surface area contributed by atoms with Crippen molar-refractivity contribution in [2.45, 2.75) is 33.2 Å². The Morgan fingerprint density at radius 2 is 2.00 bits per heavy atom. The van der Waals surface area contributed by atoms with E-state index >= 15 is 0 Å². The monoisotopic (exact) mass is 493 g/mol. The van der Waals surface area contributed by atoms with Gasteiger partial charge in [0.25, 0.3) is 0 Å². The fourth-order valence-electron chi connectivity index (χ4n) is 2.22. The molecule has 0 aromatic heterocycles. The molecule has 0 amide bonds. The van der Waals surface area contributed by atoms with Gasteiger partial charge >= 0.3 is 5.97 Å². The Morgan fingerprint density at radius 1 is 1.30 bits per heavy atom. The molecule has 2 N–H and O–H groups in total. The number of carbonyl (C=O) groups excluding carboxylic acids is 2. The van der Waals surface area contributed by atoms with Crippen LogP contribution in [0.15, 0.2) is 23.9 Å². The summed E-state index contributed by atoms with van der Waals surface area (Å²) in [4.78, 5) is 25.0. The van der Waals surface area contributed by atoms with Gasteiger partial charge in [0.1, 0.15) is 11.4 Å². The average Bonchev–Trinajstić information content (AvgIpc) is 2.65. The molecule has 1 atom stereocenters. The molecule has 8 heteroatoms. The fraction of sp³-hybridized carbons (Fsp3) is 0.474. The minimum Gasteiger partial charge on any atom is -0.462 e. The lowest BCUT2D eigenvalue weighted by Gasteiger charge is -2.16. The van der Waals surface area contributed by atoms with Crippen LogP contribution in [0.2, 0.25) is 0 Å². The highest BCUT2D eigenvalue weighted by Crippen LogP contribution is 2.21. The Balaban J connectivity index is 3.20. The van der Waals surface area contributed by atoms with Crippen molar-refractivity contribution < 1.29 is 28.6 Å². The molecule has 0 spiro atoms. The number of hydrogen-bond donors (Lipinski definition) is 2. The van der Waals surface area contributed by atoms with E-state index in [0.29, 0.717) is 13.0 Å². The van der Waals surface area contributed by atoms with E-state index in [2.05, 4.69) is 5.32 Å². The number of carbonyl (C=O) groups is 2. The van der Waals surface area contributed by atoms with Gasteiger partial charge in [-0.25, -0.2) is 9.18 Å². The number of Topliss-reactive ketones (excluding diaryl/α,β-unsaturated/α-hetero) is 1. The van der Waals surface area contributed by atoms with E-state index in [9.17, 15) is 19.1 Å². The number of rotatable bonds is 11. The molecule has 0 radical (unpaired) electrons. The Hall–Kier alpha value is -1.52. The Kier molecular flexibility index (Phi) is 10.5. The van der Waals surface area contributed by atoms with E-state index in [1.165, 1.54) is 12.1 Å². The molecule has 27 heavy (non-hydrogen) atoms. The van der Waals surface area contributed by atoms with Crippen molar-refractivity contribution in [3.05, 3.63) is 44.4 Å². The smallest absolute Gasteiger partial charge is 0.343 e. The SMILES string of the molecule is CCOC[C@@H](CO)NC=C(C(=O)OCC)C(=O)c1cc(I)c(CC)cc1F. The number of esters is 1. The molecule has 1 aromatic carbocycles. The lowest BCUT2D eigenvalue weighted by Crippen LogP contribution is -2.34. The Morgan fingerprint density at radius 3 is 2.56 bits per heavy atom. The predicted molar refractivity (Wildman–Crippen MR) is 108 cm³/mol. The van der Waals surface area contributed by atoms with Crippen LogP contribution in [0.1, 0.15) is 36.7 Å². The molecule has 1 rings (SSSR count). The number of hydrogen-bond acceptors (Lipinski definition) is 6. The summed E-state index contributed by atoms with van der Waals surface area (Å²) in [6.07, 6.45) is 1.78. The molecule has 150 valence electrons. The van der Waals surface area contributed by atoms with Crippen LogP contribution in [-0.4, -0.2) is 49.3 Å². The topological polar surface area (TPSA) is 84.9 Å². The zero-order chi connectivity index (χ0) is 20.4. The second-order valence-corrected chi connectivity index (χ2v) is 6.75. The van der Waals surface area contributed by atoms with Crippen LogP contribution in [0.3, 0.4) is 0 Å². The summed E-state index contributed by atoms with van der Waals surface area (Å²) in [7, 11) is 0. The quantitative estimate of drug-likeness (QED) is 0.123. The number of aliphatic hydroxyl groups excluding tert-OH is 1. The van der Waals surface area contributed by atoms with E-state index in [1.54, 1.807) is 6.92 Å². The summed E-state index contributed by atoms with van der Waals surface area (Å²) >= 11 is 2.03. The first-order valence-corrected chi connectivity index (χ1v) is 9.81. The van der Waals surface area contributed by atoms with Gasteiger partial charge in [-0.05, 0) is 60.6 Å². The van der Waals surface area contributed by atoms with Gasteiger partial charge in [0, 0.05) is 16.4 Å². The van der Waals surface area contributed by atoms with Crippen molar-refractivity contribution in [1.29, 1.82) is 0 Å². The first kappa shape index (κ1) is 23.5. The van der Waals surface area contributed by atoms with Crippen LogP contribution in [0.4, 0.5) is 4.39 Å². The minimum atomic E-state index is -0.864. The number of ketones is 1. The maximum atomic E-state index is 14.4. The second kappa shape index (κ2) is 12.0. The lowest BCUT2D eigenvalue weighted by molar-refractivity contribution is -0.138. The van der Waals surface area contributed by atoms with Crippen LogP contribution in [-0.2, 0) is 20.7 Å². The zero-order valence-corrected chi connectivity index (χ0v) is 17.8. The summed E-state index contributed by atoms with van der Waals surface area (Å²) in [5.41, 5.74) is 0.232. The first-order chi connectivity index (χ1) is 12.9. The number of benzene rings is 1. The normalized spacial score (nSPS) is 12.6. The van der Waals surface area contributed by atoms with Gasteiger partial charge in [-0.3, -0.25) is 4.79 Å². The van der Waals surface area contributed by atoms with E-state index in [0.717, 1.165) is 15.3 Å². The highest BCUT2D eigenvalue weighted by molar-refractivity contribution is 14.1. The summed E-state index contributed by atoms with van der Waals surface area (Å²) in [5.74, 6) is -2.34. The maximum absolute atomic E-state index is 14.4. The highest BCUT2D eigenvalue weighted by atomic mass is 127. The van der Waals surface area contributed by atoms with Gasteiger partial charge in [0.15, 0.2) is 0 Å². The summed E-state index contributed by atoms with van der Waals surface area (Å²) in [6.45, 7) is 5.75. The number of halogens is 2. The number of aliphatic hydroxyl groups is 1. The van der Waals surface area contributed by atoms with Crippen molar-refractivity contribution in [3.63, 3.8) is 0 Å². The Bertz CT molecular complexity index is 693. The van der Waals surface area contributed by atoms with Crippen molar-refractivity contribution in [2.24, 2.45) is 0 Å². The fourth-order valence-corrected chi connectivity index (χ4v) is 3.07. The highest BCUT2D eigenvalue weighted by Gasteiger charge is 2.25. The molecule has 0 aliphatic heterocycles. The largest absolute Gasteiger partial charge is 0.462 e. The third-order valence-corrected chi connectivity index (χ3v) is 4.71. The number of nitrogens with one attached hydrogen (secondary N) is 1. The molecule has 0 saturated heterocycles. The summed E-state index contributed by atoms with van der Waals surface area (Å²) in [5, 5.41) is 12.1. The minimum absolute atomic E-state index is 0.0701. The van der Waals surface area contributed by atoms with Crippen LogP contribution in [0.5, 0.6) is 0 Å². The zero-order valence-electron chi connectivity index (χ0n) is 15.7. The van der Waals surface area contributed by atoms with Crippen LogP contribution in [0.25, 0.3) is 0 Å². The third-order valence-electron chi connectivity index (χ3n) is 3.71. The van der Waals surface area contributed by atoms with Gasteiger partial charge in [0.05, 0.1) is 31.4 Å². The molecule has 1 aromatic rings. The molecule has 0 fully saturated rings. The molecule has 0 unspecified atom stereocenters. The molecule has 0 aliphatic rings. The van der Waals surface area contributed by atoms with Crippen molar-refractivity contribution in [2.75, 3.05) is 26.4 Å². The van der Waals surface area contributed by atoms with Crippen LogP contribution < -0.4 is 5.32 Å². The number of aryl methyl sites for hydroxylation is 1. The maximum Gasteiger partial charge on any atom is 0.343 e. The van der Waals surface area contributed by atoms with Gasteiger partial charge in [-0.15, -0.1) is 0 Å². The van der Waals surface area contributed by atoms with E-state index in [4.69, 9.17) is 9.47 Å². The van der Waals surface area contributed by atoms with Gasteiger partial charge in [-0.1, -0.05) is 6.92 Å². The second-order valence-electron chi connectivity index (χ2n) is 5.59. The van der Waals surface area contributed by atoms with Gasteiger partial charge in [0.2, 0.25) is 5.78 Å². The van der Waals surface area contributed by atoms with E-state index < -0.39 is 23.6 Å². The van der Waals surface area contributed by atoms with Crippen molar-refractivity contribution in [1.82, 2.24) is 5.32 Å². The molecular weight excluding hydrogens is 468 g/mol. The molecule has 0 bridgehead atoms. The van der Waals surface area contributed by atoms with Crippen molar-refractivity contribution in [3.8, 4) is 0 Å². The van der Waals surface area contributed by atoms with E-state index in [1.807, 2.05) is 36.4 Å². The van der Waals surface area contributed by atoms with Gasteiger partial charge < -0.3 is 19.9 Å².